The van der Waals surface area contributed by atoms with Crippen LogP contribution < -0.4 is 10.0 Å². The molecule has 0 aromatic carbocycles. The van der Waals surface area contributed by atoms with Crippen LogP contribution in [0.25, 0.3) is 6.08 Å². The molecule has 21 heavy (non-hydrogen) atoms. The molecule has 0 saturated carbocycles. The number of fused-ring (bicyclic) bond motifs is 1. The molecule has 1 aromatic rings. The van der Waals surface area contributed by atoms with Gasteiger partial charge in [0.15, 0.2) is 0 Å². The molecule has 0 amide bonds. The quantitative estimate of drug-likeness (QED) is 0.498. The monoisotopic (exact) mass is 347 g/mol. The second-order valence-electron chi connectivity index (χ2n) is 5.96. The van der Waals surface area contributed by atoms with Gasteiger partial charge < -0.3 is 9.87 Å². The molecule has 3 atom stereocenters. The summed E-state index contributed by atoms with van der Waals surface area (Å²) in [4.78, 5) is 4.21. The highest BCUT2D eigenvalue weighted by Gasteiger charge is 2.31. The summed E-state index contributed by atoms with van der Waals surface area (Å²) < 4.78 is 15.0. The third kappa shape index (κ3) is 4.05. The molecule has 7 heteroatoms. The summed E-state index contributed by atoms with van der Waals surface area (Å²) in [5.74, 6) is 0.701. The highest BCUT2D eigenvalue weighted by atomic mass is 35.5. The molecule has 0 radical (unpaired) electrons. The van der Waals surface area contributed by atoms with Gasteiger partial charge in [0.2, 0.25) is 0 Å². The van der Waals surface area contributed by atoms with E-state index in [1.165, 1.54) is 0 Å². The van der Waals surface area contributed by atoms with Gasteiger partial charge in [-0.1, -0.05) is 23.2 Å². The van der Waals surface area contributed by atoms with E-state index >= 15 is 0 Å². The van der Waals surface area contributed by atoms with E-state index in [4.69, 9.17) is 23.2 Å². The summed E-state index contributed by atoms with van der Waals surface area (Å²) in [5.41, 5.74) is 1.39. The predicted octanol–water partition coefficient (Wildman–Crippen LogP) is 3.55. The van der Waals surface area contributed by atoms with Gasteiger partial charge in [-0.25, -0.2) is 4.98 Å². The van der Waals surface area contributed by atoms with Gasteiger partial charge in [-0.05, 0) is 45.4 Å². The van der Waals surface area contributed by atoms with Crippen LogP contribution in [0.1, 0.15) is 33.3 Å². The first kappa shape index (κ1) is 16.9. The Hall–Kier alpha value is -0.460. The van der Waals surface area contributed by atoms with E-state index < -0.39 is 16.9 Å². The Kier molecular flexibility index (Phi) is 5.11. The van der Waals surface area contributed by atoms with Crippen molar-refractivity contribution in [2.45, 2.75) is 44.0 Å². The van der Waals surface area contributed by atoms with Crippen LogP contribution in [-0.2, 0) is 11.4 Å². The lowest BCUT2D eigenvalue weighted by Crippen LogP contribution is -2.46. The fourth-order valence-corrected chi connectivity index (χ4v) is 3.22. The summed E-state index contributed by atoms with van der Waals surface area (Å²) in [7, 11) is 0. The first-order valence-electron chi connectivity index (χ1n) is 6.64. The fraction of sp³-hybridized carbons (Fsp3) is 0.500. The molecule has 1 aliphatic heterocycles. The zero-order valence-electron chi connectivity index (χ0n) is 12.4. The largest absolute Gasteiger partial charge is 0.598 e. The number of nitrogens with one attached hydrogen (secondary N) is 2. The number of rotatable bonds is 3. The molecule has 0 aliphatic carbocycles. The van der Waals surface area contributed by atoms with Crippen molar-refractivity contribution in [3.8, 4) is 0 Å². The average Bonchev–Trinajstić information content (AvgIpc) is 2.37. The van der Waals surface area contributed by atoms with Gasteiger partial charge in [-0.2, -0.15) is 0 Å². The van der Waals surface area contributed by atoms with Crippen molar-refractivity contribution >= 4 is 46.5 Å². The second kappa shape index (κ2) is 6.34. The topological polar surface area (TPSA) is 60.0 Å². The van der Waals surface area contributed by atoms with Crippen LogP contribution in [0.4, 0.5) is 5.82 Å². The Labute approximate surface area is 138 Å². The van der Waals surface area contributed by atoms with Crippen molar-refractivity contribution in [2.24, 2.45) is 0 Å². The van der Waals surface area contributed by atoms with Gasteiger partial charge in [0.05, 0.1) is 11.1 Å². The van der Waals surface area contributed by atoms with Crippen LogP contribution in [0.2, 0.25) is 5.02 Å². The van der Waals surface area contributed by atoms with E-state index in [-0.39, 0.29) is 10.8 Å². The van der Waals surface area contributed by atoms with Crippen LogP contribution in [0.5, 0.6) is 0 Å². The lowest BCUT2D eigenvalue weighted by atomic mass is 10.0. The average molecular weight is 348 g/mol. The van der Waals surface area contributed by atoms with Gasteiger partial charge in [0.25, 0.3) is 0 Å². The summed E-state index contributed by atoms with van der Waals surface area (Å²) in [6.45, 7) is 7.71. The number of halogens is 2. The maximum atomic E-state index is 12.2. The molecule has 1 unspecified atom stereocenters. The third-order valence-electron chi connectivity index (χ3n) is 3.10. The molecule has 116 valence electrons. The van der Waals surface area contributed by atoms with Crippen LogP contribution in [0.15, 0.2) is 17.8 Å². The summed E-state index contributed by atoms with van der Waals surface area (Å²) in [5, 5.41) is 3.69. The molecule has 4 nitrogen and oxygen atoms in total. The highest BCUT2D eigenvalue weighted by Crippen LogP contribution is 2.31. The Morgan fingerprint density at radius 2 is 2.14 bits per heavy atom. The Bertz CT molecular complexity index is 560. The van der Waals surface area contributed by atoms with Crippen molar-refractivity contribution in [3.63, 3.8) is 0 Å². The number of hydrogen-bond acceptors (Lipinski definition) is 4. The van der Waals surface area contributed by atoms with Gasteiger partial charge in [-0.3, -0.25) is 0 Å². The van der Waals surface area contributed by atoms with Gasteiger partial charge in [-0.15, -0.1) is 4.72 Å². The smallest absolute Gasteiger partial charge is 0.136 e. The summed E-state index contributed by atoms with van der Waals surface area (Å²) in [6.07, 6.45) is 3.52. The normalized spacial score (nSPS) is 21.1. The lowest BCUT2D eigenvalue weighted by Gasteiger charge is -2.30. The molecule has 2 heterocycles. The lowest BCUT2D eigenvalue weighted by molar-refractivity contribution is 0.535. The van der Waals surface area contributed by atoms with E-state index in [1.807, 2.05) is 39.8 Å². The number of nitrogens with zero attached hydrogens (tertiary/aromatic N) is 1. The predicted molar refractivity (Wildman–Crippen MR) is 91.0 cm³/mol. The number of pyridine rings is 1. The minimum atomic E-state index is -1.17. The summed E-state index contributed by atoms with van der Waals surface area (Å²) in [6, 6.07) is 1.69. The molecular weight excluding hydrogens is 329 g/mol. The van der Waals surface area contributed by atoms with Crippen molar-refractivity contribution in [3.05, 3.63) is 28.4 Å². The first-order chi connectivity index (χ1) is 9.68. The maximum Gasteiger partial charge on any atom is 0.136 e. The number of anilines is 1. The van der Waals surface area contributed by atoms with Crippen LogP contribution in [0, 0.1) is 0 Å². The summed E-state index contributed by atoms with van der Waals surface area (Å²) >= 11 is 11.2. The Morgan fingerprint density at radius 1 is 1.48 bits per heavy atom. The minimum absolute atomic E-state index is 0.132. The fourth-order valence-electron chi connectivity index (χ4n) is 1.89. The second-order valence-corrected chi connectivity index (χ2v) is 8.83. The van der Waals surface area contributed by atoms with E-state index in [0.29, 0.717) is 10.8 Å². The SMILES string of the molecule is C[C@H](N[S@@+]([O-])C(C)(C)C)C1=Cc2cc(Cl)cnc2NC1Cl. The molecule has 0 bridgehead atoms. The van der Waals surface area contributed by atoms with Crippen molar-refractivity contribution < 1.29 is 4.55 Å². The van der Waals surface area contributed by atoms with Crippen LogP contribution in [-0.4, -0.2) is 25.8 Å². The van der Waals surface area contributed by atoms with Crippen LogP contribution in [0.3, 0.4) is 0 Å². The van der Waals surface area contributed by atoms with E-state index in [2.05, 4.69) is 15.0 Å². The minimum Gasteiger partial charge on any atom is -0.598 e. The first-order valence-corrected chi connectivity index (χ1v) is 8.60. The molecule has 2 rings (SSSR count). The molecule has 2 N–H and O–H groups in total. The van der Waals surface area contributed by atoms with Gasteiger partial charge in [0, 0.05) is 23.1 Å². The molecule has 1 aromatic heterocycles. The molecule has 0 spiro atoms. The van der Waals surface area contributed by atoms with Gasteiger partial charge in [0.1, 0.15) is 16.1 Å². The van der Waals surface area contributed by atoms with E-state index in [9.17, 15) is 4.55 Å². The van der Waals surface area contributed by atoms with Crippen molar-refractivity contribution in [1.29, 1.82) is 0 Å². The van der Waals surface area contributed by atoms with Gasteiger partial charge >= 0.3 is 0 Å². The van der Waals surface area contributed by atoms with E-state index in [0.717, 1.165) is 11.1 Å². The Balaban J connectivity index is 2.22. The Morgan fingerprint density at radius 3 is 2.76 bits per heavy atom. The molecule has 0 saturated heterocycles. The zero-order valence-corrected chi connectivity index (χ0v) is 14.7. The third-order valence-corrected chi connectivity index (χ3v) is 5.35. The molecular formula is C14H19Cl2N3OS. The van der Waals surface area contributed by atoms with Crippen molar-refractivity contribution in [1.82, 2.24) is 9.71 Å². The standard InChI is InChI=1S/C14H19Cl2N3OS/c1-8(19-21(20)14(2,3)4)11-6-9-5-10(15)7-17-13(9)18-12(11)16/h5-8,12,19H,1-4H3,(H,17,18)/t8-,12?,21-/m0/s1. The number of hydrogen-bond donors (Lipinski definition) is 2. The van der Waals surface area contributed by atoms with Crippen molar-refractivity contribution in [2.75, 3.05) is 5.32 Å². The van der Waals surface area contributed by atoms with Crippen LogP contribution >= 0.6 is 23.2 Å². The molecule has 1 aliphatic rings. The highest BCUT2D eigenvalue weighted by molar-refractivity contribution is 7.90. The maximum absolute atomic E-state index is 12.2. The van der Waals surface area contributed by atoms with E-state index in [1.54, 1.807) is 6.20 Å². The molecule has 0 fully saturated rings. The zero-order chi connectivity index (χ0) is 15.8. The number of alkyl halides is 1. The number of aromatic nitrogens is 1.